The summed E-state index contributed by atoms with van der Waals surface area (Å²) in [4.78, 5) is 7.51. The molecule has 0 rings (SSSR count). The summed E-state index contributed by atoms with van der Waals surface area (Å²) in [6.45, 7) is 7.54. The van der Waals surface area contributed by atoms with Crippen LogP contribution < -0.4 is 0 Å². The molecule has 2 heteroatoms. The highest BCUT2D eigenvalue weighted by Gasteiger charge is 1.88. The number of hydrogen-bond acceptors (Lipinski definition) is 2. The molecule has 2 nitrogen and oxygen atoms in total. The molecule has 0 aromatic heterocycles. The second-order valence-electron chi connectivity index (χ2n) is 2.16. The van der Waals surface area contributed by atoms with Gasteiger partial charge >= 0.3 is 0 Å². The van der Waals surface area contributed by atoms with Gasteiger partial charge < -0.3 is 0 Å². The Bertz CT molecular complexity index is 136. The van der Waals surface area contributed by atoms with Crippen LogP contribution in [-0.2, 0) is 0 Å². The van der Waals surface area contributed by atoms with Crippen molar-refractivity contribution in [1.29, 1.82) is 0 Å². The van der Waals surface area contributed by atoms with Gasteiger partial charge in [-0.25, -0.2) is 0 Å². The van der Waals surface area contributed by atoms with Crippen molar-refractivity contribution in [2.24, 2.45) is 15.9 Å². The maximum Gasteiger partial charge on any atom is 0.0446 e. The average Bonchev–Trinajstić information content (AvgIpc) is 1.98. The third-order valence-corrected chi connectivity index (χ3v) is 1.24. The van der Waals surface area contributed by atoms with Crippen molar-refractivity contribution in [1.82, 2.24) is 0 Å². The third kappa shape index (κ3) is 5.22. The number of rotatable bonds is 4. The topological polar surface area (TPSA) is 24.7 Å². The van der Waals surface area contributed by atoms with E-state index in [0.29, 0.717) is 5.92 Å². The van der Waals surface area contributed by atoms with E-state index >= 15 is 0 Å². The summed E-state index contributed by atoms with van der Waals surface area (Å²) in [5.41, 5.74) is 0. The summed E-state index contributed by atoms with van der Waals surface area (Å²) >= 11 is 0. The Balaban J connectivity index is 3.54. The summed E-state index contributed by atoms with van der Waals surface area (Å²) in [5.74, 6) is 0.550. The van der Waals surface area contributed by atoms with E-state index in [1.165, 1.54) is 0 Å². The maximum absolute atomic E-state index is 3.99. The molecule has 0 aliphatic rings. The first-order chi connectivity index (χ1) is 4.81. The molecule has 0 fully saturated rings. The monoisotopic (exact) mass is 138 g/mol. The summed E-state index contributed by atoms with van der Waals surface area (Å²) in [6, 6.07) is 0. The van der Waals surface area contributed by atoms with Gasteiger partial charge in [0.25, 0.3) is 0 Å². The van der Waals surface area contributed by atoms with Crippen molar-refractivity contribution < 1.29 is 0 Å². The minimum atomic E-state index is 0.550. The van der Waals surface area contributed by atoms with Gasteiger partial charge in [0.05, 0.1) is 0 Å². The Morgan fingerprint density at radius 1 is 1.50 bits per heavy atom. The first-order valence-corrected chi connectivity index (χ1v) is 3.45. The minimum absolute atomic E-state index is 0.550. The lowest BCUT2D eigenvalue weighted by Crippen LogP contribution is -1.90. The van der Waals surface area contributed by atoms with Crippen molar-refractivity contribution in [2.75, 3.05) is 0 Å². The molecule has 0 aliphatic carbocycles. The van der Waals surface area contributed by atoms with E-state index in [1.807, 2.05) is 6.21 Å². The van der Waals surface area contributed by atoms with E-state index in [-0.39, 0.29) is 0 Å². The molecule has 0 aromatic rings. The fraction of sp³-hybridized carbons (Fsp3) is 0.500. The molecule has 0 saturated heterocycles. The van der Waals surface area contributed by atoms with Crippen LogP contribution in [0.1, 0.15) is 20.3 Å². The zero-order chi connectivity index (χ0) is 7.82. The molecule has 10 heavy (non-hydrogen) atoms. The highest BCUT2D eigenvalue weighted by atomic mass is 14.7. The predicted octanol–water partition coefficient (Wildman–Crippen LogP) is 2.28. The van der Waals surface area contributed by atoms with Crippen molar-refractivity contribution in [2.45, 2.75) is 20.3 Å². The van der Waals surface area contributed by atoms with E-state index in [0.717, 1.165) is 6.42 Å². The van der Waals surface area contributed by atoms with Gasteiger partial charge in [-0.3, -0.25) is 9.98 Å². The molecule has 56 valence electrons. The van der Waals surface area contributed by atoms with Gasteiger partial charge in [-0.1, -0.05) is 13.8 Å². The van der Waals surface area contributed by atoms with Crippen LogP contribution in [0.2, 0.25) is 0 Å². The summed E-state index contributed by atoms with van der Waals surface area (Å²) in [5, 5.41) is 0. The number of aliphatic imine (C=N–C) groups is 2. The first kappa shape index (κ1) is 9.08. The lowest BCUT2D eigenvalue weighted by atomic mass is 10.1. The lowest BCUT2D eigenvalue weighted by Gasteiger charge is -1.95. The van der Waals surface area contributed by atoms with Crippen LogP contribution in [0.3, 0.4) is 0 Å². The maximum atomic E-state index is 3.99. The Morgan fingerprint density at radius 2 is 2.20 bits per heavy atom. The highest BCUT2D eigenvalue weighted by molar-refractivity contribution is 5.60. The normalized spacial score (nSPS) is 14.6. The Kier molecular flexibility index (Phi) is 5.63. The summed E-state index contributed by atoms with van der Waals surface area (Å²) in [6.07, 6.45) is 6.23. The Labute approximate surface area is 62.4 Å². The molecule has 0 amide bonds. The van der Waals surface area contributed by atoms with Crippen molar-refractivity contribution in [3.8, 4) is 0 Å². The molecule has 0 saturated carbocycles. The molecule has 1 atom stereocenters. The Morgan fingerprint density at radius 3 is 2.70 bits per heavy atom. The van der Waals surface area contributed by atoms with Gasteiger partial charge in [-0.2, -0.15) is 0 Å². The van der Waals surface area contributed by atoms with E-state index in [4.69, 9.17) is 0 Å². The SMILES string of the molecule is C=N/C=C/N=C\C(C)CC. The zero-order valence-electron chi connectivity index (χ0n) is 6.62. The summed E-state index contributed by atoms with van der Waals surface area (Å²) < 4.78 is 0. The molecular formula is C8H14N2. The van der Waals surface area contributed by atoms with E-state index in [2.05, 4.69) is 30.5 Å². The average molecular weight is 138 g/mol. The standard InChI is InChI=1S/C8H14N2/c1-4-8(2)7-10-6-5-9-3/h5-8H,3-4H2,1-2H3/b6-5+,10-7-. The van der Waals surface area contributed by atoms with Crippen LogP contribution >= 0.6 is 0 Å². The van der Waals surface area contributed by atoms with E-state index in [1.54, 1.807) is 12.4 Å². The Hall–Kier alpha value is -0.920. The largest absolute Gasteiger partial charge is 0.271 e. The fourth-order valence-electron chi connectivity index (χ4n) is 0.388. The van der Waals surface area contributed by atoms with Gasteiger partial charge in [-0.05, 0) is 19.1 Å². The second kappa shape index (κ2) is 6.20. The van der Waals surface area contributed by atoms with Crippen LogP contribution in [-0.4, -0.2) is 12.9 Å². The van der Waals surface area contributed by atoms with Crippen LogP contribution in [0, 0.1) is 5.92 Å². The van der Waals surface area contributed by atoms with Crippen molar-refractivity contribution >= 4 is 12.9 Å². The molecular weight excluding hydrogens is 124 g/mol. The van der Waals surface area contributed by atoms with Crippen molar-refractivity contribution in [3.05, 3.63) is 12.4 Å². The molecule has 0 radical (unpaired) electrons. The van der Waals surface area contributed by atoms with Crippen LogP contribution in [0.4, 0.5) is 0 Å². The van der Waals surface area contributed by atoms with Crippen LogP contribution in [0.25, 0.3) is 0 Å². The lowest BCUT2D eigenvalue weighted by molar-refractivity contribution is 0.754. The predicted molar refractivity (Wildman–Crippen MR) is 46.6 cm³/mol. The molecule has 0 aromatic carbocycles. The van der Waals surface area contributed by atoms with Gasteiger partial charge in [0.1, 0.15) is 0 Å². The molecule has 1 unspecified atom stereocenters. The number of nitrogens with zero attached hydrogens (tertiary/aromatic N) is 2. The fourth-order valence-corrected chi connectivity index (χ4v) is 0.388. The minimum Gasteiger partial charge on any atom is -0.271 e. The summed E-state index contributed by atoms with van der Waals surface area (Å²) in [7, 11) is 0. The molecule has 0 aliphatic heterocycles. The molecule has 0 N–H and O–H groups in total. The van der Waals surface area contributed by atoms with E-state index < -0.39 is 0 Å². The van der Waals surface area contributed by atoms with Crippen LogP contribution in [0.15, 0.2) is 22.4 Å². The van der Waals surface area contributed by atoms with Gasteiger partial charge in [0, 0.05) is 18.6 Å². The number of hydrogen-bond donors (Lipinski definition) is 0. The second-order valence-corrected chi connectivity index (χ2v) is 2.16. The molecule has 0 bridgehead atoms. The molecule has 0 heterocycles. The highest BCUT2D eigenvalue weighted by Crippen LogP contribution is 1.95. The third-order valence-electron chi connectivity index (χ3n) is 1.24. The smallest absolute Gasteiger partial charge is 0.0446 e. The van der Waals surface area contributed by atoms with Gasteiger partial charge in [0.15, 0.2) is 0 Å². The van der Waals surface area contributed by atoms with Crippen LogP contribution in [0.5, 0.6) is 0 Å². The molecule has 0 spiro atoms. The zero-order valence-corrected chi connectivity index (χ0v) is 6.62. The van der Waals surface area contributed by atoms with Crippen molar-refractivity contribution in [3.63, 3.8) is 0 Å². The van der Waals surface area contributed by atoms with Gasteiger partial charge in [0.2, 0.25) is 0 Å². The van der Waals surface area contributed by atoms with E-state index in [9.17, 15) is 0 Å². The first-order valence-electron chi connectivity index (χ1n) is 3.45. The van der Waals surface area contributed by atoms with Gasteiger partial charge in [-0.15, -0.1) is 0 Å². The quantitative estimate of drug-likeness (QED) is 0.532.